The lowest BCUT2D eigenvalue weighted by Crippen LogP contribution is -2.20. The highest BCUT2D eigenvalue weighted by molar-refractivity contribution is 7.51. The number of methoxy groups -OCH3 is 1. The lowest BCUT2D eigenvalue weighted by atomic mass is 10.0. The fourth-order valence-corrected chi connectivity index (χ4v) is 5.74. The third kappa shape index (κ3) is 9.29. The van der Waals surface area contributed by atoms with E-state index in [2.05, 4.69) is 31.0 Å². The molecule has 2 heterocycles. The summed E-state index contributed by atoms with van der Waals surface area (Å²) in [5, 5.41) is 21.3. The van der Waals surface area contributed by atoms with Crippen LogP contribution in [0.25, 0.3) is 11.1 Å². The minimum Gasteiger partial charge on any atom is -0.495 e. The molecule has 4 rings (SSSR count). The lowest BCUT2D eigenvalue weighted by molar-refractivity contribution is -0.137. The van der Waals surface area contributed by atoms with Gasteiger partial charge in [0.05, 0.1) is 43.0 Å². The van der Waals surface area contributed by atoms with Crippen LogP contribution in [0.3, 0.4) is 0 Å². The van der Waals surface area contributed by atoms with E-state index in [4.69, 9.17) is 14.4 Å². The van der Waals surface area contributed by atoms with E-state index >= 15 is 0 Å². The van der Waals surface area contributed by atoms with E-state index in [1.165, 1.54) is 44.5 Å². The minimum absolute atomic E-state index is 0.0549. The third-order valence-corrected chi connectivity index (χ3v) is 8.25. The van der Waals surface area contributed by atoms with E-state index in [9.17, 15) is 27.4 Å². The molecule has 0 aliphatic rings. The number of alkyl halides is 3. The third-order valence-electron chi connectivity index (χ3n) is 6.83. The van der Waals surface area contributed by atoms with Crippen molar-refractivity contribution in [3.05, 3.63) is 71.7 Å². The minimum atomic E-state index is -4.84. The quantitative estimate of drug-likeness (QED) is 0.0771. The van der Waals surface area contributed by atoms with Gasteiger partial charge in [-0.3, -0.25) is 14.0 Å². The number of ether oxygens (including phenoxy) is 1. The van der Waals surface area contributed by atoms with Crippen molar-refractivity contribution in [3.8, 4) is 16.9 Å². The molecule has 0 fully saturated rings. The zero-order chi connectivity index (χ0) is 34.2. The number of hydrogen-bond donors (Lipinski definition) is 5. The topological polar surface area (TPSA) is 173 Å². The van der Waals surface area contributed by atoms with E-state index in [0.29, 0.717) is 35.9 Å². The number of benzene rings is 2. The molecule has 0 aliphatic heterocycles. The highest BCUT2D eigenvalue weighted by Crippen LogP contribution is 2.46. The summed E-state index contributed by atoms with van der Waals surface area (Å²) in [7, 11) is -1.12. The summed E-state index contributed by atoms with van der Waals surface area (Å²) >= 11 is 0. The summed E-state index contributed by atoms with van der Waals surface area (Å²) in [5.74, 6) is -1.17. The summed E-state index contributed by atoms with van der Waals surface area (Å²) < 4.78 is 66.4. The number of rotatable bonds is 15. The van der Waals surface area contributed by atoms with E-state index in [1.807, 2.05) is 0 Å². The maximum absolute atomic E-state index is 14.1. The fraction of sp³-hybridized carbons (Fsp3) is 0.333. The van der Waals surface area contributed by atoms with Crippen LogP contribution in [0.2, 0.25) is 0 Å². The molecule has 2 aromatic carbocycles. The van der Waals surface area contributed by atoms with Gasteiger partial charge >= 0.3 is 13.8 Å². The van der Waals surface area contributed by atoms with Crippen molar-refractivity contribution in [2.24, 2.45) is 0 Å². The van der Waals surface area contributed by atoms with Gasteiger partial charge in [0.25, 0.3) is 5.91 Å². The van der Waals surface area contributed by atoms with Gasteiger partial charge in [-0.25, -0.2) is 4.98 Å². The number of halogens is 3. The molecule has 2 aromatic heterocycles. The second-order valence-electron chi connectivity index (χ2n) is 10.2. The maximum atomic E-state index is 14.1. The number of hydrogen-bond acceptors (Lipinski definition) is 10. The summed E-state index contributed by atoms with van der Waals surface area (Å²) in [6.45, 7) is 2.31. The van der Waals surface area contributed by atoms with Crippen LogP contribution in [-0.2, 0) is 28.0 Å². The van der Waals surface area contributed by atoms with E-state index in [0.717, 1.165) is 6.42 Å². The molecule has 0 saturated heterocycles. The van der Waals surface area contributed by atoms with Gasteiger partial charge in [-0.15, -0.1) is 0 Å². The number of carbonyl (C=O) groups is 1. The largest absolute Gasteiger partial charge is 0.495 e. The van der Waals surface area contributed by atoms with Gasteiger partial charge in [0.2, 0.25) is 5.95 Å². The van der Waals surface area contributed by atoms with Gasteiger partial charge in [-0.05, 0) is 55.2 Å². The van der Waals surface area contributed by atoms with Gasteiger partial charge in [0.1, 0.15) is 17.1 Å². The molecule has 0 aliphatic carbocycles. The fourth-order valence-electron chi connectivity index (χ4n) is 4.58. The number of nitrogens with one attached hydrogen (secondary N) is 3. The van der Waals surface area contributed by atoms with Crippen molar-refractivity contribution >= 4 is 36.6 Å². The van der Waals surface area contributed by atoms with Gasteiger partial charge in [0, 0.05) is 38.2 Å². The molecule has 5 N–H and O–H groups in total. The molecule has 1 atom stereocenters. The molecular weight excluding hydrogens is 642 g/mol. The van der Waals surface area contributed by atoms with Crippen molar-refractivity contribution in [1.82, 2.24) is 25.1 Å². The van der Waals surface area contributed by atoms with Crippen LogP contribution in [0.5, 0.6) is 5.75 Å². The van der Waals surface area contributed by atoms with Crippen molar-refractivity contribution in [2.75, 3.05) is 38.0 Å². The number of nitrogens with zero attached hydrogens (tertiary/aromatic N) is 4. The Hall–Kier alpha value is -4.50. The Labute approximate surface area is 268 Å². The summed E-state index contributed by atoms with van der Waals surface area (Å²) in [6, 6.07) is 9.18. The number of amides is 1. The molecule has 17 heteroatoms. The Kier molecular flexibility index (Phi) is 11.6. The van der Waals surface area contributed by atoms with Crippen molar-refractivity contribution in [3.63, 3.8) is 0 Å². The number of aliphatic hydroxyl groups is 1. The Morgan fingerprint density at radius 1 is 1.06 bits per heavy atom. The second kappa shape index (κ2) is 15.4. The van der Waals surface area contributed by atoms with Crippen LogP contribution in [0.15, 0.2) is 55.0 Å². The first kappa shape index (κ1) is 35.4. The highest BCUT2D eigenvalue weighted by atomic mass is 31.2. The number of carbonyl (C=O) groups excluding carboxylic acids is 1. The molecule has 0 saturated carbocycles. The van der Waals surface area contributed by atoms with E-state index in [1.54, 1.807) is 30.1 Å². The van der Waals surface area contributed by atoms with Crippen LogP contribution in [0.1, 0.15) is 41.3 Å². The van der Waals surface area contributed by atoms with Gasteiger partial charge < -0.3 is 35.2 Å². The van der Waals surface area contributed by atoms with Crippen LogP contribution in [0, 0.1) is 0 Å². The van der Waals surface area contributed by atoms with Crippen LogP contribution in [0.4, 0.5) is 36.3 Å². The maximum Gasteiger partial charge on any atom is 0.421 e. The Morgan fingerprint density at radius 3 is 2.51 bits per heavy atom. The molecule has 13 nitrogen and oxygen atoms in total. The average molecular weight is 678 g/mol. The standard InChI is InChI=1S/C30H35F3N7O6P/c1-4-46-47(43,44)18-19-7-9-25(26(13-19)45-3)38-29-35-16-23(30(31,32)33)27(39-29)37-24-10-8-20(14-22(24)28(42)34-2)21-15-36-40(17-21)11-5-6-12-41/h7-10,13-17,41H,4-6,11-12,18H2,1-3H3,(H,34,42)(H,43,44)(H2,35,37,38,39). The van der Waals surface area contributed by atoms with E-state index in [-0.39, 0.29) is 48.0 Å². The Morgan fingerprint density at radius 2 is 1.83 bits per heavy atom. The first-order valence-corrected chi connectivity index (χ1v) is 16.2. The molecule has 4 aromatic rings. The van der Waals surface area contributed by atoms with Crippen molar-refractivity contribution in [1.29, 1.82) is 0 Å². The molecule has 0 spiro atoms. The predicted molar refractivity (Wildman–Crippen MR) is 169 cm³/mol. The Bertz CT molecular complexity index is 1750. The van der Waals surface area contributed by atoms with Gasteiger partial charge in [-0.1, -0.05) is 12.1 Å². The SMILES string of the molecule is CCOP(=O)(O)Cc1ccc(Nc2ncc(C(F)(F)F)c(Nc3ccc(-c4cnn(CCCCO)c4)cc3C(=O)NC)n2)c(OC)c1. The van der Waals surface area contributed by atoms with Crippen LogP contribution >= 0.6 is 7.60 Å². The smallest absolute Gasteiger partial charge is 0.421 e. The number of anilines is 4. The molecule has 252 valence electrons. The molecular formula is C30H35F3N7O6P. The van der Waals surface area contributed by atoms with Gasteiger partial charge in [-0.2, -0.15) is 23.3 Å². The summed E-state index contributed by atoms with van der Waals surface area (Å²) in [6.07, 6.45) is 0.238. The number of aromatic nitrogens is 4. The zero-order valence-electron chi connectivity index (χ0n) is 25.8. The molecule has 47 heavy (non-hydrogen) atoms. The highest BCUT2D eigenvalue weighted by Gasteiger charge is 2.36. The summed E-state index contributed by atoms with van der Waals surface area (Å²) in [4.78, 5) is 30.8. The van der Waals surface area contributed by atoms with E-state index < -0.39 is 31.1 Å². The Balaban J connectivity index is 1.66. The molecule has 1 amide bonds. The molecule has 0 bridgehead atoms. The second-order valence-corrected chi connectivity index (χ2v) is 12.1. The summed E-state index contributed by atoms with van der Waals surface area (Å²) in [5.41, 5.74) is 0.956. The molecule has 0 radical (unpaired) electrons. The number of unbranched alkanes of at least 4 members (excludes halogenated alkanes) is 1. The lowest BCUT2D eigenvalue weighted by Gasteiger charge is -2.18. The molecule has 1 unspecified atom stereocenters. The average Bonchev–Trinajstić information content (AvgIpc) is 3.50. The monoisotopic (exact) mass is 677 g/mol. The van der Waals surface area contributed by atoms with Crippen molar-refractivity contribution < 1.29 is 41.8 Å². The van der Waals surface area contributed by atoms with Crippen LogP contribution in [-0.4, -0.2) is 63.0 Å². The first-order valence-electron chi connectivity index (χ1n) is 14.5. The number of aryl methyl sites for hydroxylation is 1. The van der Waals surface area contributed by atoms with Gasteiger partial charge in [0.15, 0.2) is 0 Å². The zero-order valence-corrected chi connectivity index (χ0v) is 26.7. The first-order chi connectivity index (χ1) is 22.4. The predicted octanol–water partition coefficient (Wildman–Crippen LogP) is 5.71. The normalized spacial score (nSPS) is 12.8. The number of aliphatic hydroxyl groups excluding tert-OH is 1. The van der Waals surface area contributed by atoms with Crippen molar-refractivity contribution in [2.45, 2.75) is 38.6 Å². The van der Waals surface area contributed by atoms with Crippen LogP contribution < -0.4 is 20.7 Å².